The quantitative estimate of drug-likeness (QED) is 0.560. The van der Waals surface area contributed by atoms with Gasteiger partial charge in [0.15, 0.2) is 11.8 Å². The van der Waals surface area contributed by atoms with Crippen LogP contribution in [0.15, 0.2) is 70.3 Å². The van der Waals surface area contributed by atoms with Crippen molar-refractivity contribution in [3.63, 3.8) is 0 Å². The van der Waals surface area contributed by atoms with Crippen molar-refractivity contribution in [1.29, 1.82) is 0 Å². The molecule has 0 radical (unpaired) electrons. The van der Waals surface area contributed by atoms with Gasteiger partial charge in [0.1, 0.15) is 5.75 Å². The topological polar surface area (TPSA) is 80.2 Å². The second-order valence-electron chi connectivity index (χ2n) is 8.03. The van der Waals surface area contributed by atoms with Crippen LogP contribution in [0.1, 0.15) is 36.6 Å². The largest absolute Gasteiger partial charge is 0.484 e. The van der Waals surface area contributed by atoms with Crippen LogP contribution in [0.25, 0.3) is 0 Å². The lowest BCUT2D eigenvalue weighted by Crippen LogP contribution is -2.34. The van der Waals surface area contributed by atoms with E-state index in [1.807, 2.05) is 67.6 Å². The molecule has 1 N–H and O–H groups in total. The van der Waals surface area contributed by atoms with E-state index in [9.17, 15) is 9.59 Å². The highest BCUT2D eigenvalue weighted by atomic mass is 32.2. The molecule has 1 amide bonds. The summed E-state index contributed by atoms with van der Waals surface area (Å²) in [4.78, 5) is 31.6. The van der Waals surface area contributed by atoms with Crippen LogP contribution in [0.5, 0.6) is 5.75 Å². The molecule has 4 rings (SSSR count). The first kappa shape index (κ1) is 23.6. The molecule has 0 saturated carbocycles. The predicted molar refractivity (Wildman–Crippen MR) is 135 cm³/mol. The summed E-state index contributed by atoms with van der Waals surface area (Å²) >= 11 is 1.51. The lowest BCUT2D eigenvalue weighted by molar-refractivity contribution is -0.139. The Balaban J connectivity index is 1.46. The Hall–Kier alpha value is -3.52. The average molecular weight is 478 g/mol. The number of amides is 1. The summed E-state index contributed by atoms with van der Waals surface area (Å²) in [6.45, 7) is 7.83. The van der Waals surface area contributed by atoms with Crippen LogP contribution in [-0.4, -0.2) is 35.2 Å². The van der Waals surface area contributed by atoms with E-state index in [-0.39, 0.29) is 24.5 Å². The van der Waals surface area contributed by atoms with E-state index in [4.69, 9.17) is 9.47 Å². The van der Waals surface area contributed by atoms with Crippen LogP contribution in [0.3, 0.4) is 0 Å². The van der Waals surface area contributed by atoms with E-state index in [1.165, 1.54) is 17.3 Å². The molecular weight excluding hydrogens is 450 g/mol. The number of fused-ring (bicyclic) bond motifs is 1. The first-order valence-corrected chi connectivity index (χ1v) is 11.9. The van der Waals surface area contributed by atoms with Gasteiger partial charge in [0.05, 0.1) is 23.9 Å². The molecule has 2 aromatic rings. The van der Waals surface area contributed by atoms with Crippen molar-refractivity contribution in [2.75, 3.05) is 18.5 Å². The highest BCUT2D eigenvalue weighted by Crippen LogP contribution is 2.41. The van der Waals surface area contributed by atoms with E-state index >= 15 is 0 Å². The Morgan fingerprint density at radius 2 is 1.85 bits per heavy atom. The maximum absolute atomic E-state index is 12.7. The van der Waals surface area contributed by atoms with Gasteiger partial charge in [0, 0.05) is 11.9 Å². The number of allylic oxidation sites excluding steroid dienone is 1. The SMILES string of the molecule is CCOC(=O)C1=C(C)N=C2SC=CN2[C@@H]1c1ccc(OCC(=O)Nc2ccc(C)c(C)c2)cc1. The molecule has 34 heavy (non-hydrogen) atoms. The zero-order chi connectivity index (χ0) is 24.2. The number of amidine groups is 1. The summed E-state index contributed by atoms with van der Waals surface area (Å²) in [6, 6.07) is 12.8. The fraction of sp³-hybridized carbons (Fsp3) is 0.269. The van der Waals surface area contributed by atoms with E-state index in [2.05, 4.69) is 10.3 Å². The Morgan fingerprint density at radius 1 is 1.09 bits per heavy atom. The third kappa shape index (κ3) is 5.02. The third-order valence-electron chi connectivity index (χ3n) is 5.67. The van der Waals surface area contributed by atoms with Gasteiger partial charge in [-0.3, -0.25) is 4.79 Å². The zero-order valence-corrected chi connectivity index (χ0v) is 20.4. The average Bonchev–Trinajstić information content (AvgIpc) is 3.28. The Bertz CT molecular complexity index is 1200. The fourth-order valence-electron chi connectivity index (χ4n) is 3.81. The Kier molecular flexibility index (Phi) is 7.07. The standard InChI is InChI=1S/C26H27N3O4S/c1-5-32-25(31)23-18(4)27-26-29(12-13-34-26)24(23)19-7-10-21(11-8-19)33-15-22(30)28-20-9-6-16(2)17(3)14-20/h6-14,24H,5,15H2,1-4H3,(H,28,30)/t24-/m1/s1. The molecule has 0 aliphatic carbocycles. The summed E-state index contributed by atoms with van der Waals surface area (Å²) in [7, 11) is 0. The number of aliphatic imine (C=N–C) groups is 1. The number of hydrogen-bond donors (Lipinski definition) is 1. The number of hydrogen-bond acceptors (Lipinski definition) is 7. The van der Waals surface area contributed by atoms with Crippen molar-refractivity contribution in [3.8, 4) is 5.75 Å². The number of carbonyl (C=O) groups is 2. The van der Waals surface area contributed by atoms with Crippen molar-refractivity contribution in [3.05, 3.63) is 82.0 Å². The summed E-state index contributed by atoms with van der Waals surface area (Å²) in [5.74, 6) is -0.0438. The number of benzene rings is 2. The number of thioether (sulfide) groups is 1. The number of carbonyl (C=O) groups excluding carboxylic acids is 2. The molecule has 0 bridgehead atoms. The molecule has 0 aromatic heterocycles. The number of anilines is 1. The Morgan fingerprint density at radius 3 is 2.56 bits per heavy atom. The summed E-state index contributed by atoms with van der Waals surface area (Å²) in [6.07, 6.45) is 1.92. The van der Waals surface area contributed by atoms with Crippen molar-refractivity contribution >= 4 is 34.5 Å². The Labute approximate surface area is 203 Å². The number of aryl methyl sites for hydroxylation is 2. The van der Waals surface area contributed by atoms with Crippen LogP contribution < -0.4 is 10.1 Å². The van der Waals surface area contributed by atoms with Crippen molar-refractivity contribution in [2.24, 2.45) is 4.99 Å². The maximum atomic E-state index is 12.7. The molecule has 7 nitrogen and oxygen atoms in total. The monoisotopic (exact) mass is 477 g/mol. The van der Waals surface area contributed by atoms with Gasteiger partial charge < -0.3 is 19.7 Å². The molecule has 0 saturated heterocycles. The van der Waals surface area contributed by atoms with Crippen molar-refractivity contribution in [1.82, 2.24) is 4.90 Å². The number of nitrogens with zero attached hydrogens (tertiary/aromatic N) is 2. The van der Waals surface area contributed by atoms with Crippen molar-refractivity contribution in [2.45, 2.75) is 33.7 Å². The highest BCUT2D eigenvalue weighted by molar-refractivity contribution is 8.16. The predicted octanol–water partition coefficient (Wildman–Crippen LogP) is 5.09. The number of rotatable bonds is 7. The van der Waals surface area contributed by atoms with Gasteiger partial charge >= 0.3 is 5.97 Å². The van der Waals surface area contributed by atoms with Gasteiger partial charge in [-0.1, -0.05) is 30.0 Å². The first-order valence-electron chi connectivity index (χ1n) is 11.1. The molecule has 2 aliphatic heterocycles. The molecule has 2 heterocycles. The lowest BCUT2D eigenvalue weighted by atomic mass is 9.95. The fourth-order valence-corrected chi connectivity index (χ4v) is 4.60. The minimum atomic E-state index is -0.374. The van der Waals surface area contributed by atoms with Gasteiger partial charge in [-0.2, -0.15) is 0 Å². The van der Waals surface area contributed by atoms with E-state index in [0.29, 0.717) is 23.6 Å². The van der Waals surface area contributed by atoms with Crippen LogP contribution in [0, 0.1) is 13.8 Å². The molecular formula is C26H27N3O4S. The zero-order valence-electron chi connectivity index (χ0n) is 19.6. The molecule has 0 unspecified atom stereocenters. The minimum Gasteiger partial charge on any atom is -0.484 e. The third-order valence-corrected chi connectivity index (χ3v) is 6.44. The van der Waals surface area contributed by atoms with Gasteiger partial charge in [0.25, 0.3) is 5.91 Å². The van der Waals surface area contributed by atoms with Crippen LogP contribution in [-0.2, 0) is 14.3 Å². The second-order valence-corrected chi connectivity index (χ2v) is 8.90. The second kappa shape index (κ2) is 10.2. The molecule has 2 aromatic carbocycles. The molecule has 2 aliphatic rings. The van der Waals surface area contributed by atoms with Gasteiger partial charge in [-0.25, -0.2) is 9.79 Å². The maximum Gasteiger partial charge on any atom is 0.338 e. The molecule has 1 atom stereocenters. The van der Waals surface area contributed by atoms with Crippen LogP contribution >= 0.6 is 11.8 Å². The number of nitrogens with one attached hydrogen (secondary N) is 1. The number of ether oxygens (including phenoxy) is 2. The minimum absolute atomic E-state index is 0.106. The van der Waals surface area contributed by atoms with E-state index in [0.717, 1.165) is 22.0 Å². The van der Waals surface area contributed by atoms with Crippen LogP contribution in [0.4, 0.5) is 5.69 Å². The van der Waals surface area contributed by atoms with Crippen molar-refractivity contribution < 1.29 is 19.1 Å². The number of esters is 1. The molecule has 0 spiro atoms. The summed E-state index contributed by atoms with van der Waals surface area (Å²) in [5.41, 5.74) is 5.09. The van der Waals surface area contributed by atoms with Gasteiger partial charge in [-0.05, 0) is 74.1 Å². The molecule has 8 heteroatoms. The van der Waals surface area contributed by atoms with E-state index < -0.39 is 0 Å². The molecule has 176 valence electrons. The normalized spacial score (nSPS) is 16.8. The highest BCUT2D eigenvalue weighted by Gasteiger charge is 2.37. The van der Waals surface area contributed by atoms with E-state index in [1.54, 1.807) is 19.1 Å². The first-order chi connectivity index (χ1) is 16.4. The van der Waals surface area contributed by atoms with Gasteiger partial charge in [0.2, 0.25) is 0 Å². The summed E-state index contributed by atoms with van der Waals surface area (Å²) < 4.78 is 11.0. The smallest absolute Gasteiger partial charge is 0.338 e. The lowest BCUT2D eigenvalue weighted by Gasteiger charge is -2.33. The summed E-state index contributed by atoms with van der Waals surface area (Å²) in [5, 5.41) is 5.61. The molecule has 0 fully saturated rings. The van der Waals surface area contributed by atoms with Gasteiger partial charge in [-0.15, -0.1) is 0 Å². The van der Waals surface area contributed by atoms with Crippen LogP contribution in [0.2, 0.25) is 0 Å².